The molecule has 1 saturated heterocycles. The van der Waals surface area contributed by atoms with Crippen molar-refractivity contribution in [2.75, 3.05) is 6.61 Å². The van der Waals surface area contributed by atoms with Gasteiger partial charge in [-0.1, -0.05) is 0 Å². The van der Waals surface area contributed by atoms with Gasteiger partial charge in [0.25, 0.3) is 0 Å². The summed E-state index contributed by atoms with van der Waals surface area (Å²) in [4.78, 5) is 4.03. The normalized spacial score (nSPS) is 32.2. The van der Waals surface area contributed by atoms with Gasteiger partial charge in [0.15, 0.2) is 6.23 Å². The van der Waals surface area contributed by atoms with Crippen LogP contribution in [0.1, 0.15) is 6.23 Å². The summed E-state index contributed by atoms with van der Waals surface area (Å²) in [6.45, 7) is -0.327. The summed E-state index contributed by atoms with van der Waals surface area (Å²) < 4.78 is 7.19. The fraction of sp³-hybridized carbons (Fsp3) is 0.417. The average molecular weight is 250 g/mol. The van der Waals surface area contributed by atoms with Gasteiger partial charge in [-0.3, -0.25) is 4.98 Å². The highest BCUT2D eigenvalue weighted by Gasteiger charge is 2.43. The van der Waals surface area contributed by atoms with E-state index in [9.17, 15) is 10.2 Å². The summed E-state index contributed by atoms with van der Waals surface area (Å²) in [5, 5.41) is 29.7. The molecule has 0 amide bonds. The first kappa shape index (κ1) is 11.6. The number of rotatable bonds is 2. The number of nitrogens with zero attached hydrogens (tertiary/aromatic N) is 2. The van der Waals surface area contributed by atoms with Crippen LogP contribution in [0.15, 0.2) is 30.7 Å². The summed E-state index contributed by atoms with van der Waals surface area (Å²) in [6, 6.07) is 3.73. The molecule has 1 fully saturated rings. The number of aromatic nitrogens is 2. The summed E-state index contributed by atoms with van der Waals surface area (Å²) in [6.07, 6.45) is 1.49. The van der Waals surface area contributed by atoms with Gasteiger partial charge in [-0.15, -0.1) is 0 Å². The highest BCUT2D eigenvalue weighted by molar-refractivity contribution is 5.79. The Morgan fingerprint density at radius 3 is 2.83 bits per heavy atom. The summed E-state index contributed by atoms with van der Waals surface area (Å²) in [5.41, 5.74) is 0.812. The molecule has 0 saturated carbocycles. The first-order chi connectivity index (χ1) is 8.72. The average Bonchev–Trinajstić information content (AvgIpc) is 2.93. The molecule has 2 aromatic rings. The minimum Gasteiger partial charge on any atom is -0.394 e. The van der Waals surface area contributed by atoms with Crippen LogP contribution in [0.2, 0.25) is 0 Å². The lowest BCUT2D eigenvalue weighted by Gasteiger charge is -2.17. The molecule has 0 aromatic carbocycles. The Morgan fingerprint density at radius 2 is 2.11 bits per heavy atom. The van der Waals surface area contributed by atoms with Crippen LogP contribution in [0.5, 0.6) is 0 Å². The summed E-state index contributed by atoms with van der Waals surface area (Å²) in [5.74, 6) is 0. The van der Waals surface area contributed by atoms with Gasteiger partial charge in [0.1, 0.15) is 18.3 Å². The van der Waals surface area contributed by atoms with Crippen LogP contribution in [0.4, 0.5) is 0 Å². The molecule has 0 aliphatic carbocycles. The third kappa shape index (κ3) is 1.62. The Morgan fingerprint density at radius 1 is 1.28 bits per heavy atom. The second kappa shape index (κ2) is 4.33. The lowest BCUT2D eigenvalue weighted by Crippen LogP contribution is -2.33. The van der Waals surface area contributed by atoms with E-state index in [-0.39, 0.29) is 6.61 Å². The van der Waals surface area contributed by atoms with Crippen LogP contribution in [-0.2, 0) is 4.74 Å². The minimum absolute atomic E-state index is 0.327. The molecular formula is C12H14N2O4. The summed E-state index contributed by atoms with van der Waals surface area (Å²) >= 11 is 0. The van der Waals surface area contributed by atoms with Crippen LogP contribution in [0.3, 0.4) is 0 Å². The van der Waals surface area contributed by atoms with Crippen LogP contribution in [-0.4, -0.2) is 49.8 Å². The number of hydrogen-bond donors (Lipinski definition) is 3. The van der Waals surface area contributed by atoms with Gasteiger partial charge < -0.3 is 24.6 Å². The second-order valence-electron chi connectivity index (χ2n) is 4.39. The molecule has 0 bridgehead atoms. The second-order valence-corrected chi connectivity index (χ2v) is 4.39. The molecule has 18 heavy (non-hydrogen) atoms. The van der Waals surface area contributed by atoms with E-state index in [0.717, 1.165) is 10.9 Å². The number of ether oxygens (including phenoxy) is 1. The van der Waals surface area contributed by atoms with Crippen LogP contribution >= 0.6 is 0 Å². The Labute approximate surface area is 103 Å². The maximum atomic E-state index is 9.96. The molecule has 3 heterocycles. The maximum Gasteiger partial charge on any atom is 0.163 e. The van der Waals surface area contributed by atoms with Gasteiger partial charge in [-0.25, -0.2) is 0 Å². The fourth-order valence-corrected chi connectivity index (χ4v) is 2.33. The molecule has 96 valence electrons. The molecule has 6 nitrogen and oxygen atoms in total. The predicted molar refractivity (Wildman–Crippen MR) is 62.7 cm³/mol. The van der Waals surface area contributed by atoms with Gasteiger partial charge in [0.05, 0.1) is 18.3 Å². The SMILES string of the molecule is OC[C@H]1O[C@@H](n2ccc3ccncc32)C(O)C1O. The van der Waals surface area contributed by atoms with Crippen molar-refractivity contribution < 1.29 is 20.1 Å². The number of fused-ring (bicyclic) bond motifs is 1. The van der Waals surface area contributed by atoms with Gasteiger partial charge in [-0.2, -0.15) is 0 Å². The van der Waals surface area contributed by atoms with E-state index in [4.69, 9.17) is 9.84 Å². The Balaban J connectivity index is 2.00. The van der Waals surface area contributed by atoms with Crippen molar-refractivity contribution in [3.05, 3.63) is 30.7 Å². The van der Waals surface area contributed by atoms with E-state index >= 15 is 0 Å². The smallest absolute Gasteiger partial charge is 0.163 e. The third-order valence-electron chi connectivity index (χ3n) is 3.32. The van der Waals surface area contributed by atoms with E-state index in [2.05, 4.69) is 4.98 Å². The number of aliphatic hydroxyl groups is 3. The quantitative estimate of drug-likeness (QED) is 0.678. The van der Waals surface area contributed by atoms with E-state index in [0.29, 0.717) is 0 Å². The molecule has 2 aromatic heterocycles. The molecule has 3 N–H and O–H groups in total. The van der Waals surface area contributed by atoms with Crippen molar-refractivity contribution in [3.8, 4) is 0 Å². The molecule has 1 aliphatic heterocycles. The van der Waals surface area contributed by atoms with Crippen molar-refractivity contribution in [1.82, 2.24) is 9.55 Å². The fourth-order valence-electron chi connectivity index (χ4n) is 2.33. The van der Waals surface area contributed by atoms with Crippen molar-refractivity contribution in [2.24, 2.45) is 0 Å². The Hall–Kier alpha value is -1.47. The highest BCUT2D eigenvalue weighted by atomic mass is 16.6. The third-order valence-corrected chi connectivity index (χ3v) is 3.32. The minimum atomic E-state index is -1.09. The zero-order chi connectivity index (χ0) is 12.7. The molecule has 6 heteroatoms. The monoisotopic (exact) mass is 250 g/mol. The van der Waals surface area contributed by atoms with E-state index in [1.807, 2.05) is 12.1 Å². The largest absolute Gasteiger partial charge is 0.394 e. The van der Waals surface area contributed by atoms with Crippen molar-refractivity contribution in [1.29, 1.82) is 0 Å². The molecule has 1 aliphatic rings. The molecule has 0 radical (unpaired) electrons. The number of pyridine rings is 1. The lowest BCUT2D eigenvalue weighted by molar-refractivity contribution is -0.0506. The van der Waals surface area contributed by atoms with Crippen molar-refractivity contribution >= 4 is 10.9 Å². The predicted octanol–water partition coefficient (Wildman–Crippen LogP) is -0.352. The number of hydrogen-bond acceptors (Lipinski definition) is 5. The first-order valence-corrected chi connectivity index (χ1v) is 5.75. The Bertz CT molecular complexity index is 556. The topological polar surface area (TPSA) is 87.7 Å². The van der Waals surface area contributed by atoms with Gasteiger partial charge in [0, 0.05) is 17.8 Å². The molecule has 4 atom stereocenters. The zero-order valence-corrected chi connectivity index (χ0v) is 9.55. The van der Waals surface area contributed by atoms with E-state index in [1.165, 1.54) is 0 Å². The van der Waals surface area contributed by atoms with Gasteiger partial charge in [0.2, 0.25) is 0 Å². The van der Waals surface area contributed by atoms with E-state index < -0.39 is 24.5 Å². The maximum absolute atomic E-state index is 9.96. The highest BCUT2D eigenvalue weighted by Crippen LogP contribution is 2.31. The van der Waals surface area contributed by atoms with E-state index in [1.54, 1.807) is 23.2 Å². The van der Waals surface area contributed by atoms with Gasteiger partial charge in [-0.05, 0) is 12.1 Å². The molecule has 3 rings (SSSR count). The van der Waals surface area contributed by atoms with Crippen molar-refractivity contribution in [2.45, 2.75) is 24.5 Å². The van der Waals surface area contributed by atoms with Crippen molar-refractivity contribution in [3.63, 3.8) is 0 Å². The standard InChI is InChI=1S/C12H14N2O4/c15-6-9-10(16)11(17)12(18-9)14-4-2-7-1-3-13-5-8(7)14/h1-5,9-12,15-17H,6H2/t9-,10?,11?,12-/m1/s1. The molecule has 2 unspecified atom stereocenters. The first-order valence-electron chi connectivity index (χ1n) is 5.75. The van der Waals surface area contributed by atoms with Gasteiger partial charge >= 0.3 is 0 Å². The van der Waals surface area contributed by atoms with Crippen LogP contribution in [0, 0.1) is 0 Å². The van der Waals surface area contributed by atoms with Crippen LogP contribution < -0.4 is 0 Å². The lowest BCUT2D eigenvalue weighted by atomic mass is 10.1. The zero-order valence-electron chi connectivity index (χ0n) is 9.55. The molecular weight excluding hydrogens is 236 g/mol. The molecule has 0 spiro atoms. The van der Waals surface area contributed by atoms with Crippen LogP contribution in [0.25, 0.3) is 10.9 Å². The number of aliphatic hydroxyl groups excluding tert-OH is 3. The summed E-state index contributed by atoms with van der Waals surface area (Å²) in [7, 11) is 0. The Kier molecular flexibility index (Phi) is 2.79.